The minimum Gasteiger partial charge on any atom is -0.495 e. The molecule has 1 saturated heterocycles. The van der Waals surface area contributed by atoms with Crippen LogP contribution in [0.3, 0.4) is 0 Å². The van der Waals surface area contributed by atoms with E-state index < -0.39 is 27.8 Å². The van der Waals surface area contributed by atoms with Crippen LogP contribution >= 0.6 is 0 Å². The molecule has 1 heterocycles. The van der Waals surface area contributed by atoms with Crippen LogP contribution in [-0.2, 0) is 14.8 Å². The van der Waals surface area contributed by atoms with Crippen LogP contribution in [0.25, 0.3) is 0 Å². The number of carboxylic acid groups (broad SMARTS) is 1. The molecule has 8 nitrogen and oxygen atoms in total. The zero-order valence-corrected chi connectivity index (χ0v) is 14.5. The van der Waals surface area contributed by atoms with Crippen LogP contribution in [0.4, 0.5) is 0 Å². The molecule has 24 heavy (non-hydrogen) atoms. The van der Waals surface area contributed by atoms with E-state index in [1.807, 2.05) is 0 Å². The van der Waals surface area contributed by atoms with Crippen molar-refractivity contribution in [3.8, 4) is 5.75 Å². The summed E-state index contributed by atoms with van der Waals surface area (Å²) in [6, 6.07) is 4.12. The molecule has 1 amide bonds. The average Bonchev–Trinajstić information content (AvgIpc) is 2.95. The average molecular weight is 356 g/mol. The number of carbonyl (C=O) groups excluding carboxylic acids is 1. The second-order valence-corrected chi connectivity index (χ2v) is 7.56. The lowest BCUT2D eigenvalue weighted by Gasteiger charge is -2.17. The number of benzene rings is 1. The van der Waals surface area contributed by atoms with Gasteiger partial charge in [-0.1, -0.05) is 6.92 Å². The number of hydrogen-bond donors (Lipinski definition) is 2. The van der Waals surface area contributed by atoms with Gasteiger partial charge in [-0.15, -0.1) is 0 Å². The zero-order chi connectivity index (χ0) is 18.1. The Bertz CT molecular complexity index is 761. The van der Waals surface area contributed by atoms with E-state index in [-0.39, 0.29) is 28.7 Å². The molecule has 0 aliphatic carbocycles. The summed E-state index contributed by atoms with van der Waals surface area (Å²) in [5.74, 6) is -2.00. The normalized spacial score (nSPS) is 20.9. The lowest BCUT2D eigenvalue weighted by molar-refractivity contribution is -0.142. The van der Waals surface area contributed by atoms with Crippen molar-refractivity contribution in [2.75, 3.05) is 27.2 Å². The highest BCUT2D eigenvalue weighted by atomic mass is 32.2. The second kappa shape index (κ2) is 6.78. The van der Waals surface area contributed by atoms with Gasteiger partial charge in [0.05, 0.1) is 13.0 Å². The highest BCUT2D eigenvalue weighted by molar-refractivity contribution is 7.89. The molecule has 0 bridgehead atoms. The summed E-state index contributed by atoms with van der Waals surface area (Å²) in [5.41, 5.74) is 0.169. The Hall–Kier alpha value is -2.13. The molecule has 2 N–H and O–H groups in total. The van der Waals surface area contributed by atoms with Gasteiger partial charge in [0, 0.05) is 18.7 Å². The summed E-state index contributed by atoms with van der Waals surface area (Å²) in [5, 5.41) is 9.16. The highest BCUT2D eigenvalue weighted by Crippen LogP contribution is 2.28. The molecule has 0 aromatic heterocycles. The molecule has 1 aromatic rings. The third kappa shape index (κ3) is 3.36. The van der Waals surface area contributed by atoms with Gasteiger partial charge in [0.15, 0.2) is 0 Å². The van der Waals surface area contributed by atoms with Crippen LogP contribution < -0.4 is 9.46 Å². The SMILES string of the molecule is CNS(=O)(=O)c1cc(C(=O)N2C[C@@H](C)[C@H](C(=O)O)C2)ccc1OC. The Balaban J connectivity index is 2.35. The molecule has 0 radical (unpaired) electrons. The van der Waals surface area contributed by atoms with Crippen LogP contribution in [0.5, 0.6) is 5.75 Å². The number of carboxylic acids is 1. The number of methoxy groups -OCH3 is 1. The van der Waals surface area contributed by atoms with Crippen LogP contribution in [0, 0.1) is 11.8 Å². The number of aliphatic carboxylic acids is 1. The molecule has 1 aliphatic heterocycles. The Morgan fingerprint density at radius 1 is 1.33 bits per heavy atom. The van der Waals surface area contributed by atoms with E-state index in [4.69, 9.17) is 9.84 Å². The molecule has 1 aliphatic rings. The summed E-state index contributed by atoms with van der Waals surface area (Å²) >= 11 is 0. The minimum atomic E-state index is -3.80. The molecular weight excluding hydrogens is 336 g/mol. The van der Waals surface area contributed by atoms with E-state index in [0.29, 0.717) is 6.54 Å². The first-order valence-corrected chi connectivity index (χ1v) is 8.83. The molecule has 1 fully saturated rings. The first-order chi connectivity index (χ1) is 11.2. The molecule has 0 unspecified atom stereocenters. The number of nitrogens with zero attached hydrogens (tertiary/aromatic N) is 1. The Morgan fingerprint density at radius 2 is 2.00 bits per heavy atom. The van der Waals surface area contributed by atoms with Crippen LogP contribution in [-0.4, -0.2) is 57.5 Å². The summed E-state index contributed by atoms with van der Waals surface area (Å²) in [6.07, 6.45) is 0. The fourth-order valence-corrected chi connectivity index (χ4v) is 3.68. The van der Waals surface area contributed by atoms with E-state index >= 15 is 0 Å². The largest absolute Gasteiger partial charge is 0.495 e. The van der Waals surface area contributed by atoms with Crippen molar-refractivity contribution >= 4 is 21.9 Å². The second-order valence-electron chi connectivity index (χ2n) is 5.71. The predicted octanol–water partition coefficient (Wildman–Crippen LogP) is 0.396. The predicted molar refractivity (Wildman–Crippen MR) is 85.4 cm³/mol. The number of amides is 1. The standard InChI is InChI=1S/C15H20N2O6S/c1-9-7-17(8-11(9)15(19)20)14(18)10-4-5-12(23-3)13(6-10)24(21,22)16-2/h4-6,9,11,16H,7-8H2,1-3H3,(H,19,20)/t9-,11-/m1/s1. The third-order valence-electron chi connectivity index (χ3n) is 4.19. The Labute approximate surface area is 140 Å². The maximum absolute atomic E-state index is 12.6. The highest BCUT2D eigenvalue weighted by Gasteiger charge is 2.37. The van der Waals surface area contributed by atoms with Gasteiger partial charge in [-0.05, 0) is 31.2 Å². The topological polar surface area (TPSA) is 113 Å². The fraction of sp³-hybridized carbons (Fsp3) is 0.467. The van der Waals surface area contributed by atoms with Crippen molar-refractivity contribution in [2.45, 2.75) is 11.8 Å². The molecular formula is C15H20N2O6S. The lowest BCUT2D eigenvalue weighted by atomic mass is 9.99. The van der Waals surface area contributed by atoms with E-state index in [1.54, 1.807) is 6.92 Å². The summed E-state index contributed by atoms with van der Waals surface area (Å²) < 4.78 is 31.4. The smallest absolute Gasteiger partial charge is 0.308 e. The molecule has 1 aromatic carbocycles. The maximum Gasteiger partial charge on any atom is 0.308 e. The van der Waals surface area contributed by atoms with Crippen molar-refractivity contribution in [1.29, 1.82) is 0 Å². The molecule has 0 spiro atoms. The summed E-state index contributed by atoms with van der Waals surface area (Å²) in [6.45, 7) is 2.20. The van der Waals surface area contributed by atoms with Gasteiger partial charge in [-0.25, -0.2) is 13.1 Å². The molecule has 2 atom stereocenters. The minimum absolute atomic E-state index is 0.107. The maximum atomic E-state index is 12.6. The van der Waals surface area contributed by atoms with Gasteiger partial charge >= 0.3 is 5.97 Å². The van der Waals surface area contributed by atoms with E-state index in [0.717, 1.165) is 0 Å². The number of nitrogens with one attached hydrogen (secondary N) is 1. The number of rotatable bonds is 5. The monoisotopic (exact) mass is 356 g/mol. The van der Waals surface area contributed by atoms with Gasteiger partial charge in [-0.2, -0.15) is 0 Å². The first kappa shape index (κ1) is 18.2. The quantitative estimate of drug-likeness (QED) is 0.789. The number of sulfonamides is 1. The van der Waals surface area contributed by atoms with Gasteiger partial charge in [0.2, 0.25) is 10.0 Å². The molecule has 132 valence electrons. The first-order valence-electron chi connectivity index (χ1n) is 7.35. The lowest BCUT2D eigenvalue weighted by Crippen LogP contribution is -2.30. The van der Waals surface area contributed by atoms with Gasteiger partial charge in [0.25, 0.3) is 5.91 Å². The van der Waals surface area contributed by atoms with Gasteiger partial charge in [-0.3, -0.25) is 9.59 Å². The Kier molecular flexibility index (Phi) is 5.14. The van der Waals surface area contributed by atoms with Gasteiger partial charge in [0.1, 0.15) is 10.6 Å². The van der Waals surface area contributed by atoms with Crippen molar-refractivity contribution in [1.82, 2.24) is 9.62 Å². The van der Waals surface area contributed by atoms with Crippen molar-refractivity contribution in [3.05, 3.63) is 23.8 Å². The molecule has 2 rings (SSSR count). The van der Waals surface area contributed by atoms with Crippen molar-refractivity contribution in [2.24, 2.45) is 11.8 Å². The van der Waals surface area contributed by atoms with Crippen LogP contribution in [0.15, 0.2) is 23.1 Å². The van der Waals surface area contributed by atoms with Gasteiger partial charge < -0.3 is 14.7 Å². The molecule has 9 heteroatoms. The number of hydrogen-bond acceptors (Lipinski definition) is 5. The van der Waals surface area contributed by atoms with Crippen LogP contribution in [0.1, 0.15) is 17.3 Å². The Morgan fingerprint density at radius 3 is 2.50 bits per heavy atom. The van der Waals surface area contributed by atoms with Crippen molar-refractivity contribution in [3.63, 3.8) is 0 Å². The van der Waals surface area contributed by atoms with E-state index in [2.05, 4.69) is 4.72 Å². The van der Waals surface area contributed by atoms with Crippen LogP contribution in [0.2, 0.25) is 0 Å². The third-order valence-corrected chi connectivity index (χ3v) is 5.62. The fourth-order valence-electron chi connectivity index (χ4n) is 2.77. The zero-order valence-electron chi connectivity index (χ0n) is 13.6. The van der Waals surface area contributed by atoms with E-state index in [9.17, 15) is 18.0 Å². The van der Waals surface area contributed by atoms with Crippen molar-refractivity contribution < 1.29 is 27.9 Å². The summed E-state index contributed by atoms with van der Waals surface area (Å²) in [7, 11) is -1.19. The number of ether oxygens (including phenoxy) is 1. The van der Waals surface area contributed by atoms with E-state index in [1.165, 1.54) is 37.3 Å². The molecule has 0 saturated carbocycles. The number of likely N-dealkylation sites (tertiary alicyclic amines) is 1. The number of carbonyl (C=O) groups is 2. The summed E-state index contributed by atoms with van der Waals surface area (Å²) in [4.78, 5) is 25.1.